The van der Waals surface area contributed by atoms with Crippen LogP contribution in [-0.4, -0.2) is 55.4 Å². The van der Waals surface area contributed by atoms with Gasteiger partial charge < -0.3 is 15.2 Å². The molecule has 2 N–H and O–H groups in total. The van der Waals surface area contributed by atoms with E-state index in [4.69, 9.17) is 5.73 Å². The maximum Gasteiger partial charge on any atom is 0.244 e. The Hall–Kier alpha value is -0.890. The number of piperidine rings is 1. The second kappa shape index (κ2) is 6.48. The number of sulfonamides is 1. The van der Waals surface area contributed by atoms with Crippen LogP contribution in [0, 0.1) is 0 Å². The smallest absolute Gasteiger partial charge is 0.244 e. The number of hydrogen-bond donors (Lipinski definition) is 1. The summed E-state index contributed by atoms with van der Waals surface area (Å²) in [5, 5.41) is 0. The SMILES string of the molecule is CCn1cc(S(=O)(=O)N2CCCC(N(C)C)C2)cc1CN. The summed E-state index contributed by atoms with van der Waals surface area (Å²) in [6.07, 6.45) is 3.65. The first kappa shape index (κ1) is 16.5. The van der Waals surface area contributed by atoms with Crippen molar-refractivity contribution in [2.24, 2.45) is 5.73 Å². The predicted octanol–water partition coefficient (Wildman–Crippen LogP) is 0.681. The fraction of sp³-hybridized carbons (Fsp3) is 0.714. The third-order valence-corrected chi connectivity index (χ3v) is 6.07. The highest BCUT2D eigenvalue weighted by molar-refractivity contribution is 7.89. The van der Waals surface area contributed by atoms with Crippen LogP contribution in [0.15, 0.2) is 17.2 Å². The summed E-state index contributed by atoms with van der Waals surface area (Å²) in [5.74, 6) is 0. The first-order valence-electron chi connectivity index (χ1n) is 7.45. The van der Waals surface area contributed by atoms with E-state index < -0.39 is 10.0 Å². The fourth-order valence-electron chi connectivity index (χ4n) is 2.84. The minimum absolute atomic E-state index is 0.288. The Morgan fingerprint density at radius 2 is 2.14 bits per heavy atom. The molecule has 6 nitrogen and oxygen atoms in total. The zero-order chi connectivity index (χ0) is 15.6. The van der Waals surface area contributed by atoms with Gasteiger partial charge in [-0.1, -0.05) is 0 Å². The van der Waals surface area contributed by atoms with Gasteiger partial charge in [-0.3, -0.25) is 0 Å². The summed E-state index contributed by atoms with van der Waals surface area (Å²) in [4.78, 5) is 2.47. The van der Waals surface area contributed by atoms with E-state index in [9.17, 15) is 8.42 Å². The Morgan fingerprint density at radius 3 is 2.67 bits per heavy atom. The van der Waals surface area contributed by atoms with Crippen LogP contribution < -0.4 is 5.73 Å². The third kappa shape index (κ3) is 3.31. The van der Waals surface area contributed by atoms with Gasteiger partial charge in [0.25, 0.3) is 0 Å². The molecule has 0 radical (unpaired) electrons. The van der Waals surface area contributed by atoms with Crippen LogP contribution in [-0.2, 0) is 23.1 Å². The molecule has 1 atom stereocenters. The van der Waals surface area contributed by atoms with E-state index in [2.05, 4.69) is 4.90 Å². The molecule has 2 heterocycles. The summed E-state index contributed by atoms with van der Waals surface area (Å²) in [6.45, 7) is 4.22. The molecule has 21 heavy (non-hydrogen) atoms. The van der Waals surface area contributed by atoms with Gasteiger partial charge in [0.15, 0.2) is 0 Å². The summed E-state index contributed by atoms with van der Waals surface area (Å²) in [5.41, 5.74) is 6.55. The minimum Gasteiger partial charge on any atom is -0.349 e. The number of likely N-dealkylation sites (N-methyl/N-ethyl adjacent to an activating group) is 1. The summed E-state index contributed by atoms with van der Waals surface area (Å²) in [7, 11) is 0.582. The number of rotatable bonds is 5. The van der Waals surface area contributed by atoms with Crippen molar-refractivity contribution >= 4 is 10.0 Å². The molecule has 1 saturated heterocycles. The van der Waals surface area contributed by atoms with Crippen LogP contribution in [0.25, 0.3) is 0 Å². The molecule has 1 aromatic heterocycles. The second-order valence-corrected chi connectivity index (χ2v) is 7.72. The highest BCUT2D eigenvalue weighted by Gasteiger charge is 2.31. The molecule has 1 aromatic rings. The lowest BCUT2D eigenvalue weighted by molar-refractivity contribution is 0.190. The number of aryl methyl sites for hydroxylation is 1. The monoisotopic (exact) mass is 314 g/mol. The van der Waals surface area contributed by atoms with E-state index in [1.54, 1.807) is 16.6 Å². The summed E-state index contributed by atoms with van der Waals surface area (Å²) in [6, 6.07) is 1.99. The average molecular weight is 314 g/mol. The lowest BCUT2D eigenvalue weighted by Crippen LogP contribution is -2.47. The van der Waals surface area contributed by atoms with Gasteiger partial charge >= 0.3 is 0 Å². The maximum absolute atomic E-state index is 12.8. The zero-order valence-corrected chi connectivity index (χ0v) is 13.9. The largest absolute Gasteiger partial charge is 0.349 e. The van der Waals surface area contributed by atoms with Crippen LogP contribution in [0.3, 0.4) is 0 Å². The minimum atomic E-state index is -3.42. The van der Waals surface area contributed by atoms with Crippen molar-refractivity contribution in [2.45, 2.75) is 43.8 Å². The van der Waals surface area contributed by atoms with E-state index in [0.717, 1.165) is 25.1 Å². The van der Waals surface area contributed by atoms with E-state index >= 15 is 0 Å². The molecule has 0 saturated carbocycles. The van der Waals surface area contributed by atoms with Gasteiger partial charge in [0.2, 0.25) is 10.0 Å². The molecular formula is C14H26N4O2S. The molecule has 0 aliphatic carbocycles. The third-order valence-electron chi connectivity index (χ3n) is 4.24. The number of nitrogens with two attached hydrogens (primary N) is 1. The van der Waals surface area contributed by atoms with E-state index in [1.165, 1.54) is 0 Å². The molecule has 0 aromatic carbocycles. The predicted molar refractivity (Wildman–Crippen MR) is 83.5 cm³/mol. The van der Waals surface area contributed by atoms with Crippen molar-refractivity contribution in [2.75, 3.05) is 27.2 Å². The van der Waals surface area contributed by atoms with Gasteiger partial charge in [-0.15, -0.1) is 0 Å². The summed E-state index contributed by atoms with van der Waals surface area (Å²) >= 11 is 0. The van der Waals surface area contributed by atoms with Crippen molar-refractivity contribution in [3.05, 3.63) is 18.0 Å². The van der Waals surface area contributed by atoms with Gasteiger partial charge in [-0.2, -0.15) is 4.31 Å². The van der Waals surface area contributed by atoms with Crippen LogP contribution in [0.4, 0.5) is 0 Å². The maximum atomic E-state index is 12.8. The van der Waals surface area contributed by atoms with Crippen LogP contribution in [0.1, 0.15) is 25.5 Å². The molecule has 0 spiro atoms. The van der Waals surface area contributed by atoms with Gasteiger partial charge in [0.05, 0.1) is 0 Å². The molecule has 7 heteroatoms. The number of aromatic nitrogens is 1. The van der Waals surface area contributed by atoms with E-state index in [1.807, 2.05) is 25.6 Å². The van der Waals surface area contributed by atoms with Crippen LogP contribution in [0.2, 0.25) is 0 Å². The standard InChI is InChI=1S/C14H26N4O2S/c1-4-17-11-14(8-13(17)9-15)21(19,20)18-7-5-6-12(10-18)16(2)3/h8,11-12H,4-7,9-10,15H2,1-3H3. The topological polar surface area (TPSA) is 71.6 Å². The molecule has 0 bridgehead atoms. The Bertz CT molecular complexity index is 558. The van der Waals surface area contributed by atoms with Crippen molar-refractivity contribution < 1.29 is 8.42 Å². The Labute approximate surface area is 127 Å². The molecule has 1 unspecified atom stereocenters. The Kier molecular flexibility index (Phi) is 5.08. The Balaban J connectivity index is 2.27. The van der Waals surface area contributed by atoms with Gasteiger partial charge in [0, 0.05) is 44.1 Å². The molecule has 2 rings (SSSR count). The van der Waals surface area contributed by atoms with Gasteiger partial charge in [-0.25, -0.2) is 8.42 Å². The summed E-state index contributed by atoms with van der Waals surface area (Å²) < 4.78 is 29.1. The fourth-order valence-corrected chi connectivity index (χ4v) is 4.42. The molecule has 1 aliphatic rings. The molecule has 1 fully saturated rings. The van der Waals surface area contributed by atoms with E-state index in [0.29, 0.717) is 24.5 Å². The second-order valence-electron chi connectivity index (χ2n) is 5.78. The molecular weight excluding hydrogens is 288 g/mol. The van der Waals surface area contributed by atoms with Gasteiger partial charge in [-0.05, 0) is 39.9 Å². The highest BCUT2D eigenvalue weighted by atomic mass is 32.2. The first-order chi connectivity index (χ1) is 9.90. The van der Waals surface area contributed by atoms with Gasteiger partial charge in [0.1, 0.15) is 4.90 Å². The highest BCUT2D eigenvalue weighted by Crippen LogP contribution is 2.24. The molecule has 0 amide bonds. The lowest BCUT2D eigenvalue weighted by atomic mass is 10.1. The first-order valence-corrected chi connectivity index (χ1v) is 8.89. The lowest BCUT2D eigenvalue weighted by Gasteiger charge is -2.35. The van der Waals surface area contributed by atoms with Crippen molar-refractivity contribution in [3.8, 4) is 0 Å². The average Bonchev–Trinajstić information content (AvgIpc) is 2.91. The van der Waals surface area contributed by atoms with Crippen LogP contribution in [0.5, 0.6) is 0 Å². The number of hydrogen-bond acceptors (Lipinski definition) is 4. The van der Waals surface area contributed by atoms with Crippen molar-refractivity contribution in [1.29, 1.82) is 0 Å². The molecule has 1 aliphatic heterocycles. The van der Waals surface area contributed by atoms with E-state index in [-0.39, 0.29) is 6.04 Å². The zero-order valence-electron chi connectivity index (χ0n) is 13.1. The van der Waals surface area contributed by atoms with Crippen molar-refractivity contribution in [1.82, 2.24) is 13.8 Å². The Morgan fingerprint density at radius 1 is 1.43 bits per heavy atom. The molecule has 120 valence electrons. The normalized spacial score (nSPS) is 21.1. The van der Waals surface area contributed by atoms with Crippen LogP contribution >= 0.6 is 0 Å². The quantitative estimate of drug-likeness (QED) is 0.867. The number of nitrogens with zero attached hydrogens (tertiary/aromatic N) is 3. The van der Waals surface area contributed by atoms with Crippen molar-refractivity contribution in [3.63, 3.8) is 0 Å².